The Labute approximate surface area is 135 Å². The molecule has 126 valence electrons. The third kappa shape index (κ3) is 5.52. The van der Waals surface area contributed by atoms with E-state index < -0.39 is 11.7 Å². The molecule has 1 aliphatic heterocycles. The largest absolute Gasteiger partial charge is 0.444 e. The number of ether oxygens (including phenoxy) is 1. The van der Waals surface area contributed by atoms with Gasteiger partial charge in [-0.25, -0.2) is 14.6 Å². The molecule has 0 saturated carbocycles. The van der Waals surface area contributed by atoms with Crippen LogP contribution in [-0.4, -0.2) is 34.3 Å². The Morgan fingerprint density at radius 2 is 2.26 bits per heavy atom. The molecule has 2 N–H and O–H groups in total. The van der Waals surface area contributed by atoms with Crippen molar-refractivity contribution < 1.29 is 13.9 Å². The van der Waals surface area contributed by atoms with Crippen LogP contribution in [0.25, 0.3) is 0 Å². The molecule has 0 spiro atoms. The van der Waals surface area contributed by atoms with Crippen molar-refractivity contribution in [3.8, 4) is 0 Å². The number of amides is 1. The second kappa shape index (κ2) is 6.95. The van der Waals surface area contributed by atoms with Crippen molar-refractivity contribution in [2.45, 2.75) is 45.4 Å². The van der Waals surface area contributed by atoms with E-state index in [1.54, 1.807) is 6.07 Å². The molecule has 1 unspecified atom stereocenters. The first-order valence-electron chi connectivity index (χ1n) is 7.55. The van der Waals surface area contributed by atoms with Gasteiger partial charge in [0.05, 0.1) is 24.5 Å². The SMILES string of the molecule is C[C@@H](CN1C=CC(c2ccc(F)cn2)N1)NC(=O)OC(C)(C)C. The number of hydrogen-bond donors (Lipinski definition) is 2. The molecule has 7 heteroatoms. The zero-order valence-electron chi connectivity index (χ0n) is 13.8. The van der Waals surface area contributed by atoms with E-state index in [1.807, 2.05) is 45.0 Å². The summed E-state index contributed by atoms with van der Waals surface area (Å²) < 4.78 is 18.1. The van der Waals surface area contributed by atoms with Gasteiger partial charge in [-0.3, -0.25) is 4.98 Å². The molecule has 23 heavy (non-hydrogen) atoms. The van der Waals surface area contributed by atoms with Crippen LogP contribution in [0.1, 0.15) is 39.4 Å². The lowest BCUT2D eigenvalue weighted by Gasteiger charge is -2.25. The average molecular weight is 322 g/mol. The summed E-state index contributed by atoms with van der Waals surface area (Å²) in [5.74, 6) is -0.359. The molecule has 0 saturated heterocycles. The number of alkyl carbamates (subject to hydrolysis) is 1. The number of hydrazine groups is 1. The first-order chi connectivity index (χ1) is 10.7. The number of carbonyl (C=O) groups is 1. The summed E-state index contributed by atoms with van der Waals surface area (Å²) in [7, 11) is 0. The zero-order chi connectivity index (χ0) is 17.0. The molecule has 0 aliphatic carbocycles. The first kappa shape index (κ1) is 17.2. The Kier molecular flexibility index (Phi) is 5.20. The van der Waals surface area contributed by atoms with Crippen LogP contribution in [0, 0.1) is 5.82 Å². The highest BCUT2D eigenvalue weighted by atomic mass is 19.1. The van der Waals surface area contributed by atoms with Crippen molar-refractivity contribution in [1.82, 2.24) is 20.7 Å². The van der Waals surface area contributed by atoms with Crippen molar-refractivity contribution in [2.24, 2.45) is 0 Å². The van der Waals surface area contributed by atoms with Crippen molar-refractivity contribution in [3.63, 3.8) is 0 Å². The van der Waals surface area contributed by atoms with Gasteiger partial charge in [0.1, 0.15) is 11.4 Å². The number of hydrogen-bond acceptors (Lipinski definition) is 5. The fourth-order valence-corrected chi connectivity index (χ4v) is 2.15. The molecular weight excluding hydrogens is 299 g/mol. The molecule has 1 aromatic rings. The first-order valence-corrected chi connectivity index (χ1v) is 7.55. The summed E-state index contributed by atoms with van der Waals surface area (Å²) in [5, 5.41) is 4.64. The van der Waals surface area contributed by atoms with E-state index in [0.29, 0.717) is 6.54 Å². The summed E-state index contributed by atoms with van der Waals surface area (Å²) >= 11 is 0. The van der Waals surface area contributed by atoms with Crippen LogP contribution in [0.5, 0.6) is 0 Å². The minimum atomic E-state index is -0.519. The molecule has 2 atom stereocenters. The number of halogens is 1. The minimum absolute atomic E-state index is 0.107. The molecule has 6 nitrogen and oxygen atoms in total. The molecule has 1 aliphatic rings. The van der Waals surface area contributed by atoms with E-state index in [0.717, 1.165) is 5.69 Å². The van der Waals surface area contributed by atoms with Gasteiger partial charge in [0, 0.05) is 12.2 Å². The van der Waals surface area contributed by atoms with E-state index in [9.17, 15) is 9.18 Å². The van der Waals surface area contributed by atoms with E-state index in [2.05, 4.69) is 15.7 Å². The fraction of sp³-hybridized carbons (Fsp3) is 0.500. The smallest absolute Gasteiger partial charge is 0.407 e. The normalized spacial score (nSPS) is 18.8. The standard InChI is InChI=1S/C16H23FN4O2/c1-11(19-15(22)23-16(2,3)4)10-21-8-7-14(20-21)13-6-5-12(17)9-18-13/h5-9,11,14,20H,10H2,1-4H3,(H,19,22)/t11-,14?/m0/s1. The van der Waals surface area contributed by atoms with Crippen LogP contribution < -0.4 is 10.7 Å². The highest BCUT2D eigenvalue weighted by molar-refractivity contribution is 5.68. The summed E-state index contributed by atoms with van der Waals surface area (Å²) in [6.45, 7) is 7.92. The predicted octanol–water partition coefficient (Wildman–Crippen LogP) is 2.51. The lowest BCUT2D eigenvalue weighted by molar-refractivity contribution is 0.0497. The second-order valence-electron chi connectivity index (χ2n) is 6.55. The fourth-order valence-electron chi connectivity index (χ4n) is 2.15. The van der Waals surface area contributed by atoms with Gasteiger partial charge < -0.3 is 15.1 Å². The number of nitrogens with one attached hydrogen (secondary N) is 2. The van der Waals surface area contributed by atoms with Crippen LogP contribution in [0.2, 0.25) is 0 Å². The average Bonchev–Trinajstić information content (AvgIpc) is 2.85. The summed E-state index contributed by atoms with van der Waals surface area (Å²) in [5.41, 5.74) is 3.44. The molecule has 2 rings (SSSR count). The molecule has 1 amide bonds. The van der Waals surface area contributed by atoms with Gasteiger partial charge >= 0.3 is 6.09 Å². The van der Waals surface area contributed by atoms with Crippen molar-refractivity contribution in [1.29, 1.82) is 0 Å². The monoisotopic (exact) mass is 322 g/mol. The second-order valence-corrected chi connectivity index (χ2v) is 6.55. The lowest BCUT2D eigenvalue weighted by Crippen LogP contribution is -2.45. The molecule has 0 bridgehead atoms. The maximum atomic E-state index is 12.9. The third-order valence-electron chi connectivity index (χ3n) is 3.07. The molecule has 2 heterocycles. The Morgan fingerprint density at radius 1 is 1.52 bits per heavy atom. The predicted molar refractivity (Wildman–Crippen MR) is 84.7 cm³/mol. The van der Waals surface area contributed by atoms with Crippen LogP contribution in [0.15, 0.2) is 30.6 Å². The molecular formula is C16H23FN4O2. The van der Waals surface area contributed by atoms with Crippen molar-refractivity contribution in [2.75, 3.05) is 6.54 Å². The maximum Gasteiger partial charge on any atom is 0.407 e. The topological polar surface area (TPSA) is 66.5 Å². The van der Waals surface area contributed by atoms with E-state index in [4.69, 9.17) is 4.74 Å². The highest BCUT2D eigenvalue weighted by Crippen LogP contribution is 2.18. The summed E-state index contributed by atoms with van der Waals surface area (Å²) in [6.07, 6.45) is 4.56. The summed E-state index contributed by atoms with van der Waals surface area (Å²) in [4.78, 5) is 15.8. The van der Waals surface area contributed by atoms with E-state index in [-0.39, 0.29) is 17.9 Å². The number of nitrogens with zero attached hydrogens (tertiary/aromatic N) is 2. The Bertz CT molecular complexity index is 568. The molecule has 0 radical (unpaired) electrons. The lowest BCUT2D eigenvalue weighted by atomic mass is 10.2. The van der Waals surface area contributed by atoms with Gasteiger partial charge in [0.15, 0.2) is 0 Å². The molecule has 1 aromatic heterocycles. The van der Waals surface area contributed by atoms with Gasteiger partial charge in [-0.05, 0) is 45.9 Å². The highest BCUT2D eigenvalue weighted by Gasteiger charge is 2.22. The minimum Gasteiger partial charge on any atom is -0.444 e. The van der Waals surface area contributed by atoms with Gasteiger partial charge in [-0.15, -0.1) is 0 Å². The van der Waals surface area contributed by atoms with E-state index >= 15 is 0 Å². The van der Waals surface area contributed by atoms with Crippen LogP contribution in [-0.2, 0) is 4.74 Å². The molecule has 0 fully saturated rings. The third-order valence-corrected chi connectivity index (χ3v) is 3.07. The van der Waals surface area contributed by atoms with E-state index in [1.165, 1.54) is 12.3 Å². The Hall–Kier alpha value is -2.15. The number of pyridine rings is 1. The quantitative estimate of drug-likeness (QED) is 0.891. The van der Waals surface area contributed by atoms with Gasteiger partial charge in [-0.1, -0.05) is 0 Å². The van der Waals surface area contributed by atoms with Crippen LogP contribution >= 0.6 is 0 Å². The maximum absolute atomic E-state index is 12.9. The Morgan fingerprint density at radius 3 is 2.87 bits per heavy atom. The van der Waals surface area contributed by atoms with Gasteiger partial charge in [0.2, 0.25) is 0 Å². The number of carbonyl (C=O) groups excluding carboxylic acids is 1. The number of aromatic nitrogens is 1. The summed E-state index contributed by atoms with van der Waals surface area (Å²) in [6, 6.07) is 2.81. The van der Waals surface area contributed by atoms with Crippen molar-refractivity contribution in [3.05, 3.63) is 42.1 Å². The van der Waals surface area contributed by atoms with Gasteiger partial charge in [0.25, 0.3) is 0 Å². The zero-order valence-corrected chi connectivity index (χ0v) is 13.8. The Balaban J connectivity index is 1.80. The number of rotatable bonds is 4. The van der Waals surface area contributed by atoms with Crippen LogP contribution in [0.4, 0.5) is 9.18 Å². The van der Waals surface area contributed by atoms with Crippen LogP contribution in [0.3, 0.4) is 0 Å². The van der Waals surface area contributed by atoms with Crippen molar-refractivity contribution >= 4 is 6.09 Å². The van der Waals surface area contributed by atoms with Gasteiger partial charge in [-0.2, -0.15) is 0 Å². The molecule has 0 aromatic carbocycles.